The van der Waals surface area contributed by atoms with Gasteiger partial charge in [0, 0.05) is 7.05 Å². The summed E-state index contributed by atoms with van der Waals surface area (Å²) in [5.41, 5.74) is 0. The first-order valence-corrected chi connectivity index (χ1v) is 3.21. The van der Waals surface area contributed by atoms with Gasteiger partial charge >= 0.3 is 6.09 Å². The van der Waals surface area contributed by atoms with Gasteiger partial charge in [0.05, 0.1) is 18.4 Å². The predicted octanol–water partition coefficient (Wildman–Crippen LogP) is -0.292. The lowest BCUT2D eigenvalue weighted by molar-refractivity contribution is 0.117. The lowest BCUT2D eigenvalue weighted by atomic mass is 10.3. The number of nitrogens with one attached hydrogen (secondary N) is 1. The van der Waals surface area contributed by atoms with E-state index in [2.05, 4.69) is 10.6 Å². The molecule has 1 amide bonds. The van der Waals surface area contributed by atoms with Crippen LogP contribution in [-0.4, -0.2) is 37.3 Å². The number of nitrogens with zero attached hydrogens (tertiary/aromatic N) is 2. The van der Waals surface area contributed by atoms with E-state index in [9.17, 15) is 9.70 Å². The summed E-state index contributed by atoms with van der Waals surface area (Å²) in [6, 6.07) is 0. The van der Waals surface area contributed by atoms with E-state index in [0.717, 1.165) is 0 Å². The number of carbonyl (C=O) groups excluding carboxylic acids is 1. The van der Waals surface area contributed by atoms with Crippen LogP contribution in [0.15, 0.2) is 5.29 Å². The van der Waals surface area contributed by atoms with Gasteiger partial charge in [0.15, 0.2) is 0 Å². The Bertz CT molecular complexity index is 172. The second-order valence-corrected chi connectivity index (χ2v) is 2.33. The number of carbonyl (C=O) groups is 1. The molecule has 0 aromatic heterocycles. The molecular formula is C5H9N3O3. The van der Waals surface area contributed by atoms with E-state index in [1.54, 1.807) is 0 Å². The molecule has 0 bridgehead atoms. The van der Waals surface area contributed by atoms with Crippen LogP contribution in [-0.2, 0) is 4.74 Å². The van der Waals surface area contributed by atoms with Gasteiger partial charge in [0.25, 0.3) is 0 Å². The number of amides is 1. The summed E-state index contributed by atoms with van der Waals surface area (Å²) in [5, 5.41) is 6.29. The quantitative estimate of drug-likeness (QED) is 0.453. The van der Waals surface area contributed by atoms with Crippen molar-refractivity contribution in [1.29, 1.82) is 0 Å². The molecule has 11 heavy (non-hydrogen) atoms. The molecule has 1 fully saturated rings. The molecule has 0 aromatic carbocycles. The minimum absolute atomic E-state index is 0.259. The second kappa shape index (κ2) is 3.18. The molecule has 6 heteroatoms. The number of likely N-dealkylation sites (N-methyl/N-ethyl adjacent to an activating group) is 1. The number of rotatable bonds is 3. The Balaban J connectivity index is 2.27. The number of nitroso groups, excluding NO2 is 1. The van der Waals surface area contributed by atoms with Crippen LogP contribution < -0.4 is 5.32 Å². The van der Waals surface area contributed by atoms with E-state index in [0.29, 0.717) is 13.1 Å². The van der Waals surface area contributed by atoms with Crippen molar-refractivity contribution in [3.63, 3.8) is 0 Å². The molecule has 1 rings (SSSR count). The third-order valence-corrected chi connectivity index (χ3v) is 1.36. The van der Waals surface area contributed by atoms with Crippen molar-refractivity contribution in [3.8, 4) is 0 Å². The zero-order chi connectivity index (χ0) is 8.27. The van der Waals surface area contributed by atoms with Crippen LogP contribution in [0.5, 0.6) is 0 Å². The standard InChI is InChI=1S/C5H9N3O3/c1-8(7-10)3-4-2-6-5(9)11-4/h4H,2-3H2,1H3,(H,6,9). The Morgan fingerprint density at radius 2 is 2.64 bits per heavy atom. The van der Waals surface area contributed by atoms with Crippen LogP contribution in [0.3, 0.4) is 0 Å². The molecule has 0 saturated carbocycles. The SMILES string of the molecule is CN(CC1CNC(=O)O1)N=O. The Morgan fingerprint density at radius 1 is 1.91 bits per heavy atom. The average molecular weight is 159 g/mol. The maximum absolute atomic E-state index is 10.5. The summed E-state index contributed by atoms with van der Waals surface area (Å²) in [6.07, 6.45) is -0.695. The fourth-order valence-corrected chi connectivity index (χ4v) is 0.862. The van der Waals surface area contributed by atoms with Crippen molar-refractivity contribution in [1.82, 2.24) is 10.3 Å². The van der Waals surface area contributed by atoms with E-state index in [-0.39, 0.29) is 6.10 Å². The highest BCUT2D eigenvalue weighted by molar-refractivity contribution is 5.69. The molecule has 1 unspecified atom stereocenters. The van der Waals surface area contributed by atoms with Gasteiger partial charge in [-0.25, -0.2) is 4.79 Å². The molecule has 1 aliphatic rings. The largest absolute Gasteiger partial charge is 0.442 e. The van der Waals surface area contributed by atoms with Gasteiger partial charge in [-0.3, -0.25) is 5.01 Å². The molecule has 1 atom stereocenters. The molecular weight excluding hydrogens is 150 g/mol. The van der Waals surface area contributed by atoms with Crippen LogP contribution in [0.25, 0.3) is 0 Å². The number of hydrogen-bond donors (Lipinski definition) is 1. The molecule has 6 nitrogen and oxygen atoms in total. The highest BCUT2D eigenvalue weighted by atomic mass is 16.6. The summed E-state index contributed by atoms with van der Waals surface area (Å²) >= 11 is 0. The van der Waals surface area contributed by atoms with Crippen LogP contribution >= 0.6 is 0 Å². The monoisotopic (exact) mass is 159 g/mol. The number of cyclic esters (lactones) is 1. The number of alkyl carbamates (subject to hydrolysis) is 1. The summed E-state index contributed by atoms with van der Waals surface area (Å²) in [6.45, 7) is 0.779. The van der Waals surface area contributed by atoms with Gasteiger partial charge in [-0.1, -0.05) is 0 Å². The molecule has 0 aromatic rings. The smallest absolute Gasteiger partial charge is 0.407 e. The predicted molar refractivity (Wildman–Crippen MR) is 36.7 cm³/mol. The molecule has 1 N–H and O–H groups in total. The fourth-order valence-electron chi connectivity index (χ4n) is 0.862. The van der Waals surface area contributed by atoms with Crippen LogP contribution in [0.2, 0.25) is 0 Å². The van der Waals surface area contributed by atoms with Gasteiger partial charge in [-0.05, 0) is 0 Å². The van der Waals surface area contributed by atoms with Crippen molar-refractivity contribution >= 4 is 6.09 Å². The Morgan fingerprint density at radius 3 is 3.09 bits per heavy atom. The van der Waals surface area contributed by atoms with Gasteiger partial charge in [0.1, 0.15) is 6.10 Å². The molecule has 1 heterocycles. The normalized spacial score (nSPS) is 22.3. The lowest BCUT2D eigenvalue weighted by Crippen LogP contribution is -2.27. The Kier molecular flexibility index (Phi) is 2.25. The first-order valence-electron chi connectivity index (χ1n) is 3.21. The Hall–Kier alpha value is -1.33. The topological polar surface area (TPSA) is 71.0 Å². The van der Waals surface area contributed by atoms with E-state index in [1.807, 2.05) is 0 Å². The van der Waals surface area contributed by atoms with Crippen molar-refractivity contribution in [2.24, 2.45) is 5.29 Å². The van der Waals surface area contributed by atoms with Crippen molar-refractivity contribution in [2.75, 3.05) is 20.1 Å². The third-order valence-electron chi connectivity index (χ3n) is 1.36. The minimum Gasteiger partial charge on any atom is -0.442 e. The van der Waals surface area contributed by atoms with Crippen molar-refractivity contribution in [2.45, 2.75) is 6.10 Å². The number of ether oxygens (including phenoxy) is 1. The second-order valence-electron chi connectivity index (χ2n) is 2.33. The zero-order valence-corrected chi connectivity index (χ0v) is 6.11. The van der Waals surface area contributed by atoms with Crippen LogP contribution in [0.4, 0.5) is 4.79 Å². The van der Waals surface area contributed by atoms with Gasteiger partial charge in [-0.2, -0.15) is 0 Å². The fraction of sp³-hybridized carbons (Fsp3) is 0.800. The summed E-state index contributed by atoms with van der Waals surface area (Å²) in [4.78, 5) is 20.4. The summed E-state index contributed by atoms with van der Waals surface area (Å²) in [7, 11) is 1.53. The molecule has 1 saturated heterocycles. The van der Waals surface area contributed by atoms with E-state index in [1.165, 1.54) is 12.1 Å². The summed E-state index contributed by atoms with van der Waals surface area (Å²) < 4.78 is 4.74. The first kappa shape index (κ1) is 7.77. The van der Waals surface area contributed by atoms with E-state index in [4.69, 9.17) is 4.74 Å². The minimum atomic E-state index is -0.436. The van der Waals surface area contributed by atoms with Crippen molar-refractivity contribution in [3.05, 3.63) is 4.91 Å². The Labute approximate surface area is 63.4 Å². The molecule has 0 aliphatic carbocycles. The molecule has 0 radical (unpaired) electrons. The molecule has 62 valence electrons. The maximum Gasteiger partial charge on any atom is 0.407 e. The molecule has 1 aliphatic heterocycles. The van der Waals surface area contributed by atoms with E-state index < -0.39 is 6.09 Å². The first-order chi connectivity index (χ1) is 5.22. The molecule has 0 spiro atoms. The van der Waals surface area contributed by atoms with Gasteiger partial charge < -0.3 is 10.1 Å². The van der Waals surface area contributed by atoms with E-state index >= 15 is 0 Å². The van der Waals surface area contributed by atoms with Crippen molar-refractivity contribution < 1.29 is 9.53 Å². The van der Waals surface area contributed by atoms with Crippen LogP contribution in [0.1, 0.15) is 0 Å². The average Bonchev–Trinajstić information content (AvgIpc) is 2.35. The summed E-state index contributed by atoms with van der Waals surface area (Å²) in [5.74, 6) is 0. The maximum atomic E-state index is 10.5. The van der Waals surface area contributed by atoms with Gasteiger partial charge in [-0.15, -0.1) is 4.91 Å². The van der Waals surface area contributed by atoms with Gasteiger partial charge in [0.2, 0.25) is 0 Å². The third kappa shape index (κ3) is 2.06. The highest BCUT2D eigenvalue weighted by Gasteiger charge is 2.23. The van der Waals surface area contributed by atoms with Crippen LogP contribution in [0, 0.1) is 4.91 Å². The number of hydrogen-bond acceptors (Lipinski definition) is 4. The lowest BCUT2D eigenvalue weighted by Gasteiger charge is -2.11. The highest BCUT2D eigenvalue weighted by Crippen LogP contribution is 2.01. The zero-order valence-electron chi connectivity index (χ0n) is 6.11.